The van der Waals surface area contributed by atoms with Crippen LogP contribution in [-0.2, 0) is 19.6 Å². The molecule has 2 aromatic carbocycles. The van der Waals surface area contributed by atoms with E-state index in [0.717, 1.165) is 5.56 Å². The molecular formula is C19H22N2O5S. The molecule has 2 rings (SSSR count). The van der Waals surface area contributed by atoms with Crippen molar-refractivity contribution in [3.05, 3.63) is 59.7 Å². The van der Waals surface area contributed by atoms with Gasteiger partial charge in [0.15, 0.2) is 0 Å². The Kier molecular flexibility index (Phi) is 6.70. The molecule has 8 heteroatoms. The van der Waals surface area contributed by atoms with Crippen LogP contribution in [0.5, 0.6) is 0 Å². The van der Waals surface area contributed by atoms with Crippen molar-refractivity contribution >= 4 is 27.6 Å². The molecule has 0 unspecified atom stereocenters. The van der Waals surface area contributed by atoms with E-state index in [9.17, 15) is 18.0 Å². The largest absolute Gasteiger partial charge is 0.465 e. The summed E-state index contributed by atoms with van der Waals surface area (Å²) in [6.45, 7) is 3.63. The van der Waals surface area contributed by atoms with Crippen molar-refractivity contribution < 1.29 is 22.7 Å². The fourth-order valence-corrected chi connectivity index (χ4v) is 3.27. The normalized spacial score (nSPS) is 11.3. The Balaban J connectivity index is 1.94. The number of nitrogens with one attached hydrogen (secondary N) is 2. The third-order valence-electron chi connectivity index (χ3n) is 3.87. The highest BCUT2D eigenvalue weighted by Crippen LogP contribution is 2.17. The number of anilines is 1. The number of sulfonamides is 1. The zero-order chi connectivity index (χ0) is 20.0. The van der Waals surface area contributed by atoms with Gasteiger partial charge in [-0.05, 0) is 47.9 Å². The minimum atomic E-state index is -3.78. The van der Waals surface area contributed by atoms with Gasteiger partial charge in [-0.2, -0.15) is 0 Å². The third-order valence-corrected chi connectivity index (χ3v) is 5.29. The van der Waals surface area contributed by atoms with E-state index >= 15 is 0 Å². The lowest BCUT2D eigenvalue weighted by Gasteiger charge is -2.10. The Morgan fingerprint density at radius 2 is 1.59 bits per heavy atom. The molecule has 0 bridgehead atoms. The van der Waals surface area contributed by atoms with E-state index in [1.807, 2.05) is 13.8 Å². The summed E-state index contributed by atoms with van der Waals surface area (Å²) in [5.41, 5.74) is 1.82. The number of rotatable bonds is 7. The lowest BCUT2D eigenvalue weighted by Crippen LogP contribution is -2.32. The summed E-state index contributed by atoms with van der Waals surface area (Å²) in [6.07, 6.45) is 0. The molecule has 0 fully saturated rings. The highest BCUT2D eigenvalue weighted by Gasteiger charge is 2.16. The molecule has 0 heterocycles. The van der Waals surface area contributed by atoms with Crippen LogP contribution in [0.2, 0.25) is 0 Å². The number of ether oxygens (including phenoxy) is 1. The van der Waals surface area contributed by atoms with Gasteiger partial charge in [0.05, 0.1) is 24.1 Å². The number of hydrogen-bond donors (Lipinski definition) is 2. The molecular weight excluding hydrogens is 368 g/mol. The standard InChI is InChI=1S/C19H22N2O5S/c1-13(2)14-6-10-17(11-7-14)27(24,25)20-12-18(22)21-16-8-4-15(5-9-16)19(23)26-3/h4-11,13,20H,12H2,1-3H3,(H,21,22). The van der Waals surface area contributed by atoms with Crippen LogP contribution in [0, 0.1) is 0 Å². The smallest absolute Gasteiger partial charge is 0.337 e. The molecule has 0 aliphatic rings. The van der Waals surface area contributed by atoms with Gasteiger partial charge in [0.25, 0.3) is 0 Å². The number of benzene rings is 2. The summed E-state index contributed by atoms with van der Waals surface area (Å²) < 4.78 is 31.4. The Hall–Kier alpha value is -2.71. The van der Waals surface area contributed by atoms with Crippen molar-refractivity contribution in [2.24, 2.45) is 0 Å². The van der Waals surface area contributed by atoms with Gasteiger partial charge in [-0.15, -0.1) is 0 Å². The van der Waals surface area contributed by atoms with E-state index < -0.39 is 28.4 Å². The monoisotopic (exact) mass is 390 g/mol. The van der Waals surface area contributed by atoms with E-state index in [-0.39, 0.29) is 4.90 Å². The van der Waals surface area contributed by atoms with Crippen LogP contribution in [0.4, 0.5) is 5.69 Å². The maximum Gasteiger partial charge on any atom is 0.337 e. The van der Waals surface area contributed by atoms with Gasteiger partial charge in [-0.3, -0.25) is 4.79 Å². The molecule has 0 saturated heterocycles. The quantitative estimate of drug-likeness (QED) is 0.708. The van der Waals surface area contributed by atoms with Crippen LogP contribution in [0.15, 0.2) is 53.4 Å². The number of carbonyl (C=O) groups excluding carboxylic acids is 2. The Morgan fingerprint density at radius 1 is 1.00 bits per heavy atom. The first-order chi connectivity index (χ1) is 12.7. The molecule has 0 spiro atoms. The van der Waals surface area contributed by atoms with Crippen molar-refractivity contribution in [2.45, 2.75) is 24.7 Å². The first-order valence-corrected chi connectivity index (χ1v) is 9.79. The first-order valence-electron chi connectivity index (χ1n) is 8.31. The van der Waals surface area contributed by atoms with Gasteiger partial charge in [0.2, 0.25) is 15.9 Å². The van der Waals surface area contributed by atoms with Crippen molar-refractivity contribution in [2.75, 3.05) is 19.0 Å². The number of hydrogen-bond acceptors (Lipinski definition) is 5. The SMILES string of the molecule is COC(=O)c1ccc(NC(=O)CNS(=O)(=O)c2ccc(C(C)C)cc2)cc1. The summed E-state index contributed by atoms with van der Waals surface area (Å²) in [6, 6.07) is 12.6. The highest BCUT2D eigenvalue weighted by molar-refractivity contribution is 7.89. The molecule has 0 atom stereocenters. The average molecular weight is 390 g/mol. The minimum Gasteiger partial charge on any atom is -0.465 e. The lowest BCUT2D eigenvalue weighted by molar-refractivity contribution is -0.115. The van der Waals surface area contributed by atoms with Gasteiger partial charge in [0, 0.05) is 5.69 Å². The lowest BCUT2D eigenvalue weighted by atomic mass is 10.0. The molecule has 2 N–H and O–H groups in total. The summed E-state index contributed by atoms with van der Waals surface area (Å²) in [4.78, 5) is 23.4. The van der Waals surface area contributed by atoms with Crippen molar-refractivity contribution in [1.82, 2.24) is 4.72 Å². The van der Waals surface area contributed by atoms with Crippen molar-refractivity contribution in [3.63, 3.8) is 0 Å². The van der Waals surface area contributed by atoms with Gasteiger partial charge in [0.1, 0.15) is 0 Å². The summed E-state index contributed by atoms with van der Waals surface area (Å²) in [7, 11) is -2.51. The van der Waals surface area contributed by atoms with Crippen LogP contribution in [0.25, 0.3) is 0 Å². The van der Waals surface area contributed by atoms with E-state index in [4.69, 9.17) is 0 Å². The van der Waals surface area contributed by atoms with E-state index in [1.54, 1.807) is 12.1 Å². The predicted molar refractivity (Wildman–Crippen MR) is 102 cm³/mol. The van der Waals surface area contributed by atoms with Gasteiger partial charge in [-0.1, -0.05) is 26.0 Å². The van der Waals surface area contributed by atoms with E-state index in [1.165, 1.54) is 43.5 Å². The summed E-state index contributed by atoms with van der Waals surface area (Å²) in [5, 5.41) is 2.56. The molecule has 0 radical (unpaired) electrons. The third kappa shape index (κ3) is 5.63. The van der Waals surface area contributed by atoms with E-state index in [0.29, 0.717) is 17.2 Å². The van der Waals surface area contributed by atoms with Gasteiger partial charge in [-0.25, -0.2) is 17.9 Å². The molecule has 0 saturated carbocycles. The highest BCUT2D eigenvalue weighted by atomic mass is 32.2. The maximum atomic E-state index is 12.3. The number of methoxy groups -OCH3 is 1. The molecule has 0 aliphatic heterocycles. The predicted octanol–water partition coefficient (Wildman–Crippen LogP) is 2.51. The second kappa shape index (κ2) is 8.79. The number of carbonyl (C=O) groups is 2. The Morgan fingerprint density at radius 3 is 2.11 bits per heavy atom. The van der Waals surface area contributed by atoms with Crippen LogP contribution in [0.1, 0.15) is 35.7 Å². The van der Waals surface area contributed by atoms with Crippen molar-refractivity contribution in [1.29, 1.82) is 0 Å². The molecule has 144 valence electrons. The molecule has 7 nitrogen and oxygen atoms in total. The van der Waals surface area contributed by atoms with Crippen LogP contribution in [-0.4, -0.2) is 33.9 Å². The second-order valence-electron chi connectivity index (χ2n) is 6.17. The number of esters is 1. The Labute approximate surface area is 158 Å². The second-order valence-corrected chi connectivity index (χ2v) is 7.93. The maximum absolute atomic E-state index is 12.3. The van der Waals surface area contributed by atoms with Gasteiger partial charge < -0.3 is 10.1 Å². The van der Waals surface area contributed by atoms with E-state index in [2.05, 4.69) is 14.8 Å². The fourth-order valence-electron chi connectivity index (χ4n) is 2.29. The number of amides is 1. The zero-order valence-corrected chi connectivity index (χ0v) is 16.2. The zero-order valence-electron chi connectivity index (χ0n) is 15.4. The van der Waals surface area contributed by atoms with Crippen LogP contribution < -0.4 is 10.0 Å². The minimum absolute atomic E-state index is 0.0992. The van der Waals surface area contributed by atoms with Gasteiger partial charge >= 0.3 is 5.97 Å². The molecule has 27 heavy (non-hydrogen) atoms. The Bertz CT molecular complexity index is 904. The molecule has 0 aromatic heterocycles. The van der Waals surface area contributed by atoms with Crippen molar-refractivity contribution in [3.8, 4) is 0 Å². The molecule has 1 amide bonds. The van der Waals surface area contributed by atoms with Crippen LogP contribution in [0.3, 0.4) is 0 Å². The summed E-state index contributed by atoms with van der Waals surface area (Å²) in [5.74, 6) is -0.710. The summed E-state index contributed by atoms with van der Waals surface area (Å²) >= 11 is 0. The fraction of sp³-hybridized carbons (Fsp3) is 0.263. The molecule has 0 aliphatic carbocycles. The molecule has 2 aromatic rings. The van der Waals surface area contributed by atoms with Crippen LogP contribution >= 0.6 is 0 Å². The topological polar surface area (TPSA) is 102 Å². The average Bonchev–Trinajstić information content (AvgIpc) is 2.66. The first kappa shape index (κ1) is 20.6.